The van der Waals surface area contributed by atoms with Crippen LogP contribution in [0.5, 0.6) is 11.5 Å². The van der Waals surface area contributed by atoms with Gasteiger partial charge in [-0.15, -0.1) is 0 Å². The molecule has 94 valence electrons. The van der Waals surface area contributed by atoms with Gasteiger partial charge in [-0.1, -0.05) is 30.3 Å². The van der Waals surface area contributed by atoms with E-state index >= 15 is 0 Å². The van der Waals surface area contributed by atoms with Crippen LogP contribution in [0.15, 0.2) is 54.6 Å². The van der Waals surface area contributed by atoms with Gasteiger partial charge in [-0.05, 0) is 24.3 Å². The number of hydrogen-bond donors (Lipinski definition) is 2. The van der Waals surface area contributed by atoms with Crippen LogP contribution in [0.2, 0.25) is 0 Å². The fourth-order valence-electron chi connectivity index (χ4n) is 1.41. The Morgan fingerprint density at radius 2 is 1.56 bits per heavy atom. The van der Waals surface area contributed by atoms with Crippen LogP contribution >= 0.6 is 0 Å². The molecule has 5 nitrogen and oxygen atoms in total. The highest BCUT2D eigenvalue weighted by atomic mass is 32.2. The van der Waals surface area contributed by atoms with E-state index in [2.05, 4.69) is 4.72 Å². The van der Waals surface area contributed by atoms with Crippen molar-refractivity contribution in [3.8, 4) is 11.5 Å². The van der Waals surface area contributed by atoms with Crippen molar-refractivity contribution in [2.45, 2.75) is 0 Å². The normalized spacial score (nSPS) is 10.9. The second-order valence-electron chi connectivity index (χ2n) is 3.56. The monoisotopic (exact) mass is 264 g/mol. The van der Waals surface area contributed by atoms with E-state index in [4.69, 9.17) is 9.88 Å². The van der Waals surface area contributed by atoms with E-state index in [0.29, 0.717) is 17.2 Å². The summed E-state index contributed by atoms with van der Waals surface area (Å²) in [6, 6.07) is 15.7. The van der Waals surface area contributed by atoms with Gasteiger partial charge < -0.3 is 4.74 Å². The second kappa shape index (κ2) is 5.07. The molecule has 2 rings (SSSR count). The largest absolute Gasteiger partial charge is 0.455 e. The van der Waals surface area contributed by atoms with Gasteiger partial charge in [0.1, 0.15) is 5.75 Å². The number of benzene rings is 2. The molecule has 0 atom stereocenters. The van der Waals surface area contributed by atoms with Gasteiger partial charge in [-0.3, -0.25) is 4.72 Å². The average molecular weight is 264 g/mol. The number of anilines is 1. The molecule has 0 aliphatic carbocycles. The Kier molecular flexibility index (Phi) is 3.50. The molecule has 6 heteroatoms. The Morgan fingerprint density at radius 1 is 0.944 bits per heavy atom. The Balaban J connectivity index is 2.28. The van der Waals surface area contributed by atoms with Gasteiger partial charge >= 0.3 is 0 Å². The zero-order valence-corrected chi connectivity index (χ0v) is 10.2. The Morgan fingerprint density at radius 3 is 2.22 bits per heavy atom. The summed E-state index contributed by atoms with van der Waals surface area (Å²) in [5, 5.41) is 4.94. The van der Waals surface area contributed by atoms with Crippen molar-refractivity contribution in [3.05, 3.63) is 54.6 Å². The van der Waals surface area contributed by atoms with E-state index in [1.165, 1.54) is 0 Å². The van der Waals surface area contributed by atoms with Crippen LogP contribution in [0.1, 0.15) is 0 Å². The molecule has 0 bridgehead atoms. The maximum atomic E-state index is 11.0. The molecule has 0 saturated heterocycles. The summed E-state index contributed by atoms with van der Waals surface area (Å²) in [6.07, 6.45) is 0. The van der Waals surface area contributed by atoms with E-state index in [1.54, 1.807) is 36.4 Å². The predicted molar refractivity (Wildman–Crippen MR) is 69.7 cm³/mol. The van der Waals surface area contributed by atoms with Crippen molar-refractivity contribution in [1.82, 2.24) is 0 Å². The van der Waals surface area contributed by atoms with Crippen molar-refractivity contribution in [1.29, 1.82) is 0 Å². The summed E-state index contributed by atoms with van der Waals surface area (Å²) in [5.74, 6) is 0.999. The lowest BCUT2D eigenvalue weighted by atomic mass is 10.3. The first kappa shape index (κ1) is 12.4. The van der Waals surface area contributed by atoms with E-state index < -0.39 is 10.2 Å². The first-order chi connectivity index (χ1) is 8.54. The van der Waals surface area contributed by atoms with Crippen molar-refractivity contribution in [2.24, 2.45) is 5.14 Å². The predicted octanol–water partition coefficient (Wildman–Crippen LogP) is 2.09. The average Bonchev–Trinajstić information content (AvgIpc) is 2.31. The number of hydrogen-bond acceptors (Lipinski definition) is 3. The molecule has 0 heterocycles. The van der Waals surface area contributed by atoms with Crippen molar-refractivity contribution in [3.63, 3.8) is 0 Å². The molecule has 0 fully saturated rings. The molecule has 0 radical (unpaired) electrons. The van der Waals surface area contributed by atoms with Gasteiger partial charge in [0.25, 0.3) is 10.2 Å². The highest BCUT2D eigenvalue weighted by molar-refractivity contribution is 7.90. The highest BCUT2D eigenvalue weighted by Crippen LogP contribution is 2.29. The molecule has 0 amide bonds. The number of nitrogens with two attached hydrogens (primary N) is 1. The van der Waals surface area contributed by atoms with Crippen LogP contribution < -0.4 is 14.6 Å². The van der Waals surface area contributed by atoms with Gasteiger partial charge in [-0.25, -0.2) is 5.14 Å². The lowest BCUT2D eigenvalue weighted by Crippen LogP contribution is -2.21. The fraction of sp³-hybridized carbons (Fsp3) is 0. The summed E-state index contributed by atoms with van der Waals surface area (Å²) in [5.41, 5.74) is 0.295. The van der Waals surface area contributed by atoms with Gasteiger partial charge in [-0.2, -0.15) is 8.42 Å². The Bertz CT molecular complexity index is 627. The van der Waals surface area contributed by atoms with Gasteiger partial charge in [0.15, 0.2) is 5.75 Å². The van der Waals surface area contributed by atoms with Crippen LogP contribution in [-0.4, -0.2) is 8.42 Å². The third-order valence-electron chi connectivity index (χ3n) is 2.11. The Hall–Kier alpha value is -2.05. The molecule has 0 unspecified atom stereocenters. The highest BCUT2D eigenvalue weighted by Gasteiger charge is 2.08. The molecule has 2 aromatic carbocycles. The molecule has 0 saturated carbocycles. The van der Waals surface area contributed by atoms with Crippen molar-refractivity contribution >= 4 is 15.9 Å². The number of rotatable bonds is 4. The molecule has 3 N–H and O–H groups in total. The summed E-state index contributed by atoms with van der Waals surface area (Å²) < 4.78 is 29.8. The third-order valence-corrected chi connectivity index (χ3v) is 2.61. The lowest BCUT2D eigenvalue weighted by Gasteiger charge is -2.11. The lowest BCUT2D eigenvalue weighted by molar-refractivity contribution is 0.485. The zero-order chi connectivity index (χ0) is 13.0. The third kappa shape index (κ3) is 3.47. The number of ether oxygens (including phenoxy) is 1. The molecule has 0 spiro atoms. The van der Waals surface area contributed by atoms with Crippen LogP contribution in [-0.2, 0) is 10.2 Å². The number of nitrogens with one attached hydrogen (secondary N) is 1. The Labute approximate surface area is 105 Å². The summed E-state index contributed by atoms with van der Waals surface area (Å²) in [6.45, 7) is 0. The minimum absolute atomic E-state index is 0.295. The smallest absolute Gasteiger partial charge is 0.296 e. The minimum atomic E-state index is -3.82. The molecule has 18 heavy (non-hydrogen) atoms. The van der Waals surface area contributed by atoms with E-state index in [1.807, 2.05) is 18.2 Å². The first-order valence-electron chi connectivity index (χ1n) is 5.17. The number of para-hydroxylation sites is 3. The second-order valence-corrected chi connectivity index (χ2v) is 4.85. The summed E-state index contributed by atoms with van der Waals surface area (Å²) in [4.78, 5) is 0. The van der Waals surface area contributed by atoms with Crippen molar-refractivity contribution in [2.75, 3.05) is 4.72 Å². The minimum Gasteiger partial charge on any atom is -0.455 e. The van der Waals surface area contributed by atoms with Gasteiger partial charge in [0.2, 0.25) is 0 Å². The zero-order valence-electron chi connectivity index (χ0n) is 9.41. The maximum Gasteiger partial charge on any atom is 0.296 e. The fourth-order valence-corrected chi connectivity index (χ4v) is 1.88. The first-order valence-corrected chi connectivity index (χ1v) is 6.72. The summed E-state index contributed by atoms with van der Waals surface area (Å²) >= 11 is 0. The molecule has 0 aliphatic rings. The van der Waals surface area contributed by atoms with Gasteiger partial charge in [0.05, 0.1) is 5.69 Å². The van der Waals surface area contributed by atoms with Crippen LogP contribution in [0, 0.1) is 0 Å². The van der Waals surface area contributed by atoms with E-state index in [-0.39, 0.29) is 0 Å². The van der Waals surface area contributed by atoms with E-state index in [9.17, 15) is 8.42 Å². The standard InChI is InChI=1S/C12H12N2O3S/c13-18(15,16)14-11-8-4-5-9-12(11)17-10-6-2-1-3-7-10/h1-9,14H,(H2,13,15,16). The quantitative estimate of drug-likeness (QED) is 0.887. The maximum absolute atomic E-state index is 11.0. The van der Waals surface area contributed by atoms with E-state index in [0.717, 1.165) is 0 Å². The molecule has 0 aromatic heterocycles. The topological polar surface area (TPSA) is 81.4 Å². The van der Waals surface area contributed by atoms with Crippen LogP contribution in [0.25, 0.3) is 0 Å². The SMILES string of the molecule is NS(=O)(=O)Nc1ccccc1Oc1ccccc1. The van der Waals surface area contributed by atoms with Crippen molar-refractivity contribution < 1.29 is 13.2 Å². The molecular formula is C12H12N2O3S. The summed E-state index contributed by atoms with van der Waals surface area (Å²) in [7, 11) is -3.82. The van der Waals surface area contributed by atoms with Gasteiger partial charge in [0, 0.05) is 0 Å². The molecular weight excluding hydrogens is 252 g/mol. The van der Waals surface area contributed by atoms with Crippen LogP contribution in [0.3, 0.4) is 0 Å². The molecule has 0 aliphatic heterocycles. The van der Waals surface area contributed by atoms with Crippen LogP contribution in [0.4, 0.5) is 5.69 Å². The molecule has 2 aromatic rings.